The number of carbonyl (C=O) groups excluding carboxylic acids is 1. The Morgan fingerprint density at radius 2 is 2.14 bits per heavy atom. The molecule has 0 aliphatic rings. The van der Waals surface area contributed by atoms with Crippen LogP contribution in [0.15, 0.2) is 34.7 Å². The van der Waals surface area contributed by atoms with Crippen molar-refractivity contribution in [3.63, 3.8) is 0 Å². The summed E-state index contributed by atoms with van der Waals surface area (Å²) in [5.74, 6) is 5.66. The number of hydrogen-bond donors (Lipinski definition) is 3. The molecule has 6 nitrogen and oxygen atoms in total. The lowest BCUT2D eigenvalue weighted by atomic mass is 10.1. The Bertz CT molecular complexity index is 637. The second-order valence-corrected chi connectivity index (χ2v) is 4.72. The van der Waals surface area contributed by atoms with Gasteiger partial charge in [-0.3, -0.25) is 10.2 Å². The van der Waals surface area contributed by atoms with E-state index in [1.54, 1.807) is 24.3 Å². The van der Waals surface area contributed by atoms with Crippen molar-refractivity contribution in [2.24, 2.45) is 5.84 Å². The van der Waals surface area contributed by atoms with Crippen molar-refractivity contribution in [2.75, 3.05) is 11.4 Å². The van der Waals surface area contributed by atoms with Gasteiger partial charge in [-0.15, -0.1) is 0 Å². The number of aromatic hydroxyl groups is 1. The van der Waals surface area contributed by atoms with Crippen LogP contribution in [0.4, 0.5) is 5.69 Å². The zero-order valence-electron chi connectivity index (χ0n) is 12.1. The predicted molar refractivity (Wildman–Crippen MR) is 79.9 cm³/mol. The molecule has 1 heterocycles. The van der Waals surface area contributed by atoms with E-state index in [9.17, 15) is 9.90 Å². The quantitative estimate of drug-likeness (QED) is 0.444. The number of hydrogen-bond acceptors (Lipinski definition) is 5. The third kappa shape index (κ3) is 3.35. The highest BCUT2D eigenvalue weighted by atomic mass is 16.4. The van der Waals surface area contributed by atoms with E-state index in [1.165, 1.54) is 0 Å². The second-order valence-electron chi connectivity index (χ2n) is 4.72. The highest BCUT2D eigenvalue weighted by molar-refractivity contribution is 5.90. The van der Waals surface area contributed by atoms with Gasteiger partial charge in [0, 0.05) is 18.3 Å². The number of carbonyl (C=O) groups is 1. The van der Waals surface area contributed by atoms with Crippen LogP contribution in [0.2, 0.25) is 0 Å². The Morgan fingerprint density at radius 1 is 1.38 bits per heavy atom. The van der Waals surface area contributed by atoms with Crippen LogP contribution in [0.3, 0.4) is 0 Å². The number of nitrogen functional groups attached to an aromatic ring is 1. The van der Waals surface area contributed by atoms with Crippen molar-refractivity contribution in [2.45, 2.75) is 20.4 Å². The number of benzene rings is 1. The van der Waals surface area contributed by atoms with Crippen molar-refractivity contribution in [3.8, 4) is 5.75 Å². The van der Waals surface area contributed by atoms with E-state index in [0.717, 1.165) is 17.8 Å². The van der Waals surface area contributed by atoms with Gasteiger partial charge >= 0.3 is 5.91 Å². The van der Waals surface area contributed by atoms with Gasteiger partial charge in [-0.05, 0) is 37.6 Å². The minimum atomic E-state index is -0.460. The fraction of sp³-hybridized carbons (Fsp3) is 0.267. The number of rotatable bonds is 5. The molecule has 0 fully saturated rings. The largest absolute Gasteiger partial charge is 0.508 e. The molecule has 0 aliphatic heterocycles. The monoisotopic (exact) mass is 289 g/mol. The van der Waals surface area contributed by atoms with Crippen LogP contribution in [0.1, 0.15) is 28.8 Å². The molecule has 1 aromatic heterocycles. The molecule has 2 rings (SSSR count). The highest BCUT2D eigenvalue weighted by Crippen LogP contribution is 2.26. The number of aryl methyl sites for hydroxylation is 1. The number of nitrogens with two attached hydrogens (primary N) is 1. The number of phenols is 1. The summed E-state index contributed by atoms with van der Waals surface area (Å²) in [5.41, 5.74) is 4.02. The number of nitrogens with zero attached hydrogens (tertiary/aromatic N) is 1. The zero-order chi connectivity index (χ0) is 15.4. The van der Waals surface area contributed by atoms with Gasteiger partial charge < -0.3 is 14.4 Å². The topological polar surface area (TPSA) is 91.7 Å². The first-order valence-electron chi connectivity index (χ1n) is 6.69. The molecule has 2 aromatic rings. The van der Waals surface area contributed by atoms with E-state index in [1.807, 2.05) is 25.3 Å². The lowest BCUT2D eigenvalue weighted by molar-refractivity contribution is 0.0924. The Morgan fingerprint density at radius 3 is 2.81 bits per heavy atom. The molecule has 0 radical (unpaired) electrons. The number of furan rings is 1. The van der Waals surface area contributed by atoms with E-state index in [4.69, 9.17) is 10.3 Å². The molecule has 0 unspecified atom stereocenters. The molecule has 0 bridgehead atoms. The maximum atomic E-state index is 11.4. The molecule has 0 saturated heterocycles. The molecule has 0 spiro atoms. The van der Waals surface area contributed by atoms with E-state index >= 15 is 0 Å². The number of amides is 1. The van der Waals surface area contributed by atoms with Gasteiger partial charge in [0.05, 0.1) is 6.54 Å². The molecule has 1 aromatic carbocycles. The van der Waals surface area contributed by atoms with Crippen LogP contribution < -0.4 is 16.2 Å². The minimum absolute atomic E-state index is 0.177. The van der Waals surface area contributed by atoms with E-state index in [-0.39, 0.29) is 11.5 Å². The van der Waals surface area contributed by atoms with Crippen LogP contribution in [0.25, 0.3) is 0 Å². The summed E-state index contributed by atoms with van der Waals surface area (Å²) in [4.78, 5) is 13.4. The van der Waals surface area contributed by atoms with E-state index in [0.29, 0.717) is 12.3 Å². The van der Waals surface area contributed by atoms with Crippen molar-refractivity contribution >= 4 is 11.6 Å². The van der Waals surface area contributed by atoms with Gasteiger partial charge in [0.15, 0.2) is 5.76 Å². The van der Waals surface area contributed by atoms with E-state index < -0.39 is 5.91 Å². The first-order chi connectivity index (χ1) is 10.0. The predicted octanol–water partition coefficient (Wildman–Crippen LogP) is 1.92. The average molecular weight is 289 g/mol. The second kappa shape index (κ2) is 6.32. The SMILES string of the molecule is CCN(Cc1ccc(C(=O)NN)o1)c1cc(O)ccc1C. The number of anilines is 1. The molecular formula is C15H19N3O3. The van der Waals surface area contributed by atoms with Crippen molar-refractivity contribution in [1.82, 2.24) is 5.43 Å². The molecule has 4 N–H and O–H groups in total. The Labute approximate surface area is 123 Å². The van der Waals surface area contributed by atoms with Crippen molar-refractivity contribution in [3.05, 3.63) is 47.4 Å². The minimum Gasteiger partial charge on any atom is -0.508 e. The van der Waals surface area contributed by atoms with Crippen LogP contribution in [-0.4, -0.2) is 17.6 Å². The number of hydrazine groups is 1. The molecular weight excluding hydrogens is 270 g/mol. The average Bonchev–Trinajstić information content (AvgIpc) is 2.95. The van der Waals surface area contributed by atoms with E-state index in [2.05, 4.69) is 4.90 Å². The van der Waals surface area contributed by atoms with Gasteiger partial charge in [0.1, 0.15) is 11.5 Å². The van der Waals surface area contributed by atoms with Crippen molar-refractivity contribution < 1.29 is 14.3 Å². The first-order valence-corrected chi connectivity index (χ1v) is 6.69. The summed E-state index contributed by atoms with van der Waals surface area (Å²) < 4.78 is 5.46. The molecule has 112 valence electrons. The maximum Gasteiger partial charge on any atom is 0.300 e. The van der Waals surface area contributed by atoms with Gasteiger partial charge in [-0.2, -0.15) is 0 Å². The van der Waals surface area contributed by atoms with Crippen LogP contribution >= 0.6 is 0 Å². The summed E-state index contributed by atoms with van der Waals surface area (Å²) in [6, 6.07) is 8.56. The standard InChI is InChI=1S/C15H19N3O3/c1-3-18(13-8-11(19)5-4-10(13)2)9-12-6-7-14(21-12)15(20)17-16/h4-8,19H,3,9,16H2,1-2H3,(H,17,20). The summed E-state index contributed by atoms with van der Waals surface area (Å²) in [7, 11) is 0. The Hall–Kier alpha value is -2.47. The molecule has 0 aliphatic carbocycles. The summed E-state index contributed by atoms with van der Waals surface area (Å²) in [6.45, 7) is 5.23. The summed E-state index contributed by atoms with van der Waals surface area (Å²) >= 11 is 0. The number of phenolic OH excluding ortho intramolecular Hbond substituents is 1. The van der Waals surface area contributed by atoms with Crippen molar-refractivity contribution in [1.29, 1.82) is 0 Å². The molecule has 1 amide bonds. The van der Waals surface area contributed by atoms with Crippen LogP contribution in [0, 0.1) is 6.92 Å². The van der Waals surface area contributed by atoms with Gasteiger partial charge in [0.25, 0.3) is 0 Å². The zero-order valence-corrected chi connectivity index (χ0v) is 12.1. The third-order valence-corrected chi connectivity index (χ3v) is 3.28. The maximum absolute atomic E-state index is 11.4. The fourth-order valence-electron chi connectivity index (χ4n) is 2.15. The highest BCUT2D eigenvalue weighted by Gasteiger charge is 2.14. The number of nitrogens with one attached hydrogen (secondary N) is 1. The molecule has 0 saturated carbocycles. The van der Waals surface area contributed by atoms with Crippen LogP contribution in [0.5, 0.6) is 5.75 Å². The van der Waals surface area contributed by atoms with Crippen LogP contribution in [-0.2, 0) is 6.54 Å². The first kappa shape index (κ1) is 14.9. The lowest BCUT2D eigenvalue weighted by Gasteiger charge is -2.24. The summed E-state index contributed by atoms with van der Waals surface area (Å²) in [6.07, 6.45) is 0. The lowest BCUT2D eigenvalue weighted by Crippen LogP contribution is -2.29. The third-order valence-electron chi connectivity index (χ3n) is 3.28. The fourth-order valence-corrected chi connectivity index (χ4v) is 2.15. The summed E-state index contributed by atoms with van der Waals surface area (Å²) in [5, 5.41) is 9.64. The van der Waals surface area contributed by atoms with Gasteiger partial charge in [-0.1, -0.05) is 6.07 Å². The Balaban J connectivity index is 2.21. The molecule has 0 atom stereocenters. The smallest absolute Gasteiger partial charge is 0.300 e. The normalized spacial score (nSPS) is 10.4. The van der Waals surface area contributed by atoms with Gasteiger partial charge in [0.2, 0.25) is 0 Å². The Kier molecular flexibility index (Phi) is 4.49. The van der Waals surface area contributed by atoms with Gasteiger partial charge in [-0.25, -0.2) is 5.84 Å². The molecule has 21 heavy (non-hydrogen) atoms. The molecule has 6 heteroatoms.